The smallest absolute Gasteiger partial charge is 0.159 e. The number of nitrogens with one attached hydrogen (secondary N) is 2. The molecule has 0 aliphatic carbocycles. The molecule has 0 saturated heterocycles. The number of carbonyl (C=O) groups excluding carboxylic acids is 1. The minimum Gasteiger partial charge on any atom is -0.388 e. The molecule has 2 rings (SSSR count). The average Bonchev–Trinajstić information content (AvgIpc) is 2.40. The number of Topliss-reactive ketones (excluding diaryl/α,β-unsaturated/α-hetero) is 1. The van der Waals surface area contributed by atoms with E-state index in [1.165, 1.54) is 0 Å². The largest absolute Gasteiger partial charge is 0.388 e. The number of ketones is 1. The van der Waals surface area contributed by atoms with Gasteiger partial charge in [-0.05, 0) is 43.3 Å². The van der Waals surface area contributed by atoms with E-state index in [-0.39, 0.29) is 5.78 Å². The van der Waals surface area contributed by atoms with Crippen molar-refractivity contribution in [3.8, 4) is 0 Å². The molecular formula is C15H16N2O. The predicted molar refractivity (Wildman–Crippen MR) is 75.7 cm³/mol. The van der Waals surface area contributed by atoms with Crippen LogP contribution >= 0.6 is 0 Å². The highest BCUT2D eigenvalue weighted by atomic mass is 16.1. The van der Waals surface area contributed by atoms with E-state index >= 15 is 0 Å². The average molecular weight is 240 g/mol. The molecule has 2 N–H and O–H groups in total. The molecule has 2 aromatic carbocycles. The molecule has 3 nitrogen and oxygen atoms in total. The standard InChI is InChI=1S/C15H16N2O/c1-11(18)12-4-3-5-15(10-12)17-14-8-6-13(16-2)7-9-14/h3-10,16-17H,1-2H3. The van der Waals surface area contributed by atoms with Crippen LogP contribution in [0.1, 0.15) is 17.3 Å². The van der Waals surface area contributed by atoms with Gasteiger partial charge in [0, 0.05) is 29.7 Å². The highest BCUT2D eigenvalue weighted by Crippen LogP contribution is 2.19. The summed E-state index contributed by atoms with van der Waals surface area (Å²) in [5, 5.41) is 6.34. The summed E-state index contributed by atoms with van der Waals surface area (Å²) < 4.78 is 0. The summed E-state index contributed by atoms with van der Waals surface area (Å²) in [4.78, 5) is 11.3. The molecule has 0 fully saturated rings. The Morgan fingerprint density at radius 2 is 1.61 bits per heavy atom. The van der Waals surface area contributed by atoms with Crippen LogP contribution in [0, 0.1) is 0 Å². The van der Waals surface area contributed by atoms with Gasteiger partial charge in [-0.1, -0.05) is 12.1 Å². The molecule has 0 saturated carbocycles. The van der Waals surface area contributed by atoms with Crippen molar-refractivity contribution in [2.24, 2.45) is 0 Å². The molecule has 92 valence electrons. The Morgan fingerprint density at radius 3 is 2.22 bits per heavy atom. The molecular weight excluding hydrogens is 224 g/mol. The fourth-order valence-electron chi connectivity index (χ4n) is 1.70. The maximum atomic E-state index is 11.3. The molecule has 0 radical (unpaired) electrons. The van der Waals surface area contributed by atoms with Crippen molar-refractivity contribution in [2.75, 3.05) is 17.7 Å². The van der Waals surface area contributed by atoms with Gasteiger partial charge in [-0.3, -0.25) is 4.79 Å². The summed E-state index contributed by atoms with van der Waals surface area (Å²) in [6, 6.07) is 15.5. The van der Waals surface area contributed by atoms with Crippen molar-refractivity contribution in [2.45, 2.75) is 6.92 Å². The third-order valence-corrected chi connectivity index (χ3v) is 2.73. The van der Waals surface area contributed by atoms with Gasteiger partial charge in [0.1, 0.15) is 0 Å². The summed E-state index contributed by atoms with van der Waals surface area (Å²) in [5.74, 6) is 0.0733. The number of hydrogen-bond acceptors (Lipinski definition) is 3. The van der Waals surface area contributed by atoms with Crippen LogP contribution in [0.2, 0.25) is 0 Å². The van der Waals surface area contributed by atoms with Crippen molar-refractivity contribution < 1.29 is 4.79 Å². The Bertz CT molecular complexity index is 547. The molecule has 0 bridgehead atoms. The van der Waals surface area contributed by atoms with Crippen molar-refractivity contribution in [1.82, 2.24) is 0 Å². The summed E-state index contributed by atoms with van der Waals surface area (Å²) >= 11 is 0. The molecule has 2 aromatic rings. The van der Waals surface area contributed by atoms with E-state index in [1.54, 1.807) is 6.92 Å². The van der Waals surface area contributed by atoms with Gasteiger partial charge in [0.15, 0.2) is 5.78 Å². The van der Waals surface area contributed by atoms with Gasteiger partial charge in [-0.25, -0.2) is 0 Å². The van der Waals surface area contributed by atoms with Crippen LogP contribution in [0.5, 0.6) is 0 Å². The van der Waals surface area contributed by atoms with Crippen LogP contribution in [0.3, 0.4) is 0 Å². The zero-order valence-corrected chi connectivity index (χ0v) is 10.5. The number of rotatable bonds is 4. The topological polar surface area (TPSA) is 41.1 Å². The van der Waals surface area contributed by atoms with Gasteiger partial charge < -0.3 is 10.6 Å². The molecule has 0 aliphatic heterocycles. The van der Waals surface area contributed by atoms with Gasteiger partial charge in [-0.15, -0.1) is 0 Å². The zero-order valence-electron chi connectivity index (χ0n) is 10.5. The molecule has 0 spiro atoms. The van der Waals surface area contributed by atoms with Crippen molar-refractivity contribution >= 4 is 22.8 Å². The first kappa shape index (κ1) is 12.2. The fraction of sp³-hybridized carbons (Fsp3) is 0.133. The van der Waals surface area contributed by atoms with E-state index in [0.29, 0.717) is 5.56 Å². The van der Waals surface area contributed by atoms with E-state index in [1.807, 2.05) is 55.6 Å². The lowest BCUT2D eigenvalue weighted by atomic mass is 10.1. The summed E-state index contributed by atoms with van der Waals surface area (Å²) in [6.45, 7) is 1.57. The second-order valence-corrected chi connectivity index (χ2v) is 4.09. The minimum atomic E-state index is 0.0733. The van der Waals surface area contributed by atoms with Crippen LogP contribution in [-0.4, -0.2) is 12.8 Å². The van der Waals surface area contributed by atoms with Gasteiger partial charge >= 0.3 is 0 Å². The highest BCUT2D eigenvalue weighted by molar-refractivity contribution is 5.95. The maximum absolute atomic E-state index is 11.3. The van der Waals surface area contributed by atoms with Crippen LogP contribution in [0.25, 0.3) is 0 Å². The van der Waals surface area contributed by atoms with E-state index in [0.717, 1.165) is 17.1 Å². The van der Waals surface area contributed by atoms with E-state index in [2.05, 4.69) is 10.6 Å². The third kappa shape index (κ3) is 2.88. The van der Waals surface area contributed by atoms with E-state index in [4.69, 9.17) is 0 Å². The molecule has 3 heteroatoms. The fourth-order valence-corrected chi connectivity index (χ4v) is 1.70. The summed E-state index contributed by atoms with van der Waals surface area (Å²) in [7, 11) is 1.89. The summed E-state index contributed by atoms with van der Waals surface area (Å²) in [6.07, 6.45) is 0. The lowest BCUT2D eigenvalue weighted by molar-refractivity contribution is 0.101. The van der Waals surface area contributed by atoms with Crippen molar-refractivity contribution in [1.29, 1.82) is 0 Å². The second-order valence-electron chi connectivity index (χ2n) is 4.09. The first-order valence-electron chi connectivity index (χ1n) is 5.85. The molecule has 0 aromatic heterocycles. The number of hydrogen-bond donors (Lipinski definition) is 2. The second kappa shape index (κ2) is 5.36. The molecule has 0 atom stereocenters. The van der Waals surface area contributed by atoms with Crippen LogP contribution in [0.4, 0.5) is 17.1 Å². The SMILES string of the molecule is CNc1ccc(Nc2cccc(C(C)=O)c2)cc1. The first-order valence-corrected chi connectivity index (χ1v) is 5.85. The summed E-state index contributed by atoms with van der Waals surface area (Å²) in [5.41, 5.74) is 3.69. The Balaban J connectivity index is 2.17. The third-order valence-electron chi connectivity index (χ3n) is 2.73. The molecule has 0 heterocycles. The van der Waals surface area contributed by atoms with Crippen LogP contribution < -0.4 is 10.6 Å². The lowest BCUT2D eigenvalue weighted by Gasteiger charge is -2.08. The lowest BCUT2D eigenvalue weighted by Crippen LogP contribution is -1.95. The molecule has 0 unspecified atom stereocenters. The Labute approximate surface area is 107 Å². The number of carbonyl (C=O) groups is 1. The van der Waals surface area contributed by atoms with Crippen molar-refractivity contribution in [3.63, 3.8) is 0 Å². The quantitative estimate of drug-likeness (QED) is 0.801. The zero-order chi connectivity index (χ0) is 13.0. The highest BCUT2D eigenvalue weighted by Gasteiger charge is 2.00. The Hall–Kier alpha value is -2.29. The molecule has 0 aliphatic rings. The number of benzene rings is 2. The number of anilines is 3. The van der Waals surface area contributed by atoms with Crippen LogP contribution in [0.15, 0.2) is 48.5 Å². The molecule has 18 heavy (non-hydrogen) atoms. The van der Waals surface area contributed by atoms with E-state index in [9.17, 15) is 4.79 Å². The van der Waals surface area contributed by atoms with Gasteiger partial charge in [-0.2, -0.15) is 0 Å². The maximum Gasteiger partial charge on any atom is 0.159 e. The van der Waals surface area contributed by atoms with Crippen LogP contribution in [-0.2, 0) is 0 Å². The Kier molecular flexibility index (Phi) is 3.63. The van der Waals surface area contributed by atoms with Gasteiger partial charge in [0.25, 0.3) is 0 Å². The minimum absolute atomic E-state index is 0.0733. The van der Waals surface area contributed by atoms with Gasteiger partial charge in [0.05, 0.1) is 0 Å². The Morgan fingerprint density at radius 1 is 0.944 bits per heavy atom. The normalized spacial score (nSPS) is 9.89. The van der Waals surface area contributed by atoms with Gasteiger partial charge in [0.2, 0.25) is 0 Å². The van der Waals surface area contributed by atoms with E-state index < -0.39 is 0 Å². The monoisotopic (exact) mass is 240 g/mol. The predicted octanol–water partition coefficient (Wildman–Crippen LogP) is 3.67. The molecule has 0 amide bonds. The first-order chi connectivity index (χ1) is 8.69. The van der Waals surface area contributed by atoms with Crippen molar-refractivity contribution in [3.05, 3.63) is 54.1 Å².